The van der Waals surface area contributed by atoms with Crippen LogP contribution in [0.4, 0.5) is 0 Å². The SMILES string of the molecule is c1ccc(CNCc2cncc(-c3cc4c(-c5cc6c(-c7cccnc7)nccc6[nH]5)n[nH]c4cn3)c2)cc1. The van der Waals surface area contributed by atoms with Crippen LogP contribution in [0.3, 0.4) is 0 Å². The summed E-state index contributed by atoms with van der Waals surface area (Å²) >= 11 is 0. The van der Waals surface area contributed by atoms with Crippen molar-refractivity contribution >= 4 is 21.8 Å². The zero-order chi connectivity index (χ0) is 26.0. The molecule has 0 radical (unpaired) electrons. The molecule has 0 aliphatic rings. The van der Waals surface area contributed by atoms with Gasteiger partial charge in [-0.3, -0.25) is 25.0 Å². The van der Waals surface area contributed by atoms with Crippen molar-refractivity contribution in [2.24, 2.45) is 0 Å². The van der Waals surface area contributed by atoms with Gasteiger partial charge in [0.2, 0.25) is 0 Å². The molecule has 1 aromatic carbocycles. The highest BCUT2D eigenvalue weighted by Crippen LogP contribution is 2.33. The fraction of sp³-hybridized carbons (Fsp3) is 0.0645. The molecule has 0 amide bonds. The molecule has 0 fully saturated rings. The summed E-state index contributed by atoms with van der Waals surface area (Å²) in [4.78, 5) is 21.6. The van der Waals surface area contributed by atoms with Gasteiger partial charge in [-0.05, 0) is 47.5 Å². The van der Waals surface area contributed by atoms with Gasteiger partial charge >= 0.3 is 0 Å². The van der Waals surface area contributed by atoms with Crippen molar-refractivity contribution in [3.63, 3.8) is 0 Å². The van der Waals surface area contributed by atoms with Crippen molar-refractivity contribution in [3.05, 3.63) is 115 Å². The van der Waals surface area contributed by atoms with Gasteiger partial charge in [0.25, 0.3) is 0 Å². The van der Waals surface area contributed by atoms with Crippen LogP contribution in [0.25, 0.3) is 55.7 Å². The van der Waals surface area contributed by atoms with Gasteiger partial charge in [-0.2, -0.15) is 5.10 Å². The van der Waals surface area contributed by atoms with Crippen LogP contribution < -0.4 is 5.32 Å². The Morgan fingerprint density at radius 2 is 1.51 bits per heavy atom. The van der Waals surface area contributed by atoms with Crippen molar-refractivity contribution < 1.29 is 0 Å². The number of nitrogens with zero attached hydrogens (tertiary/aromatic N) is 5. The summed E-state index contributed by atoms with van der Waals surface area (Å²) in [6.45, 7) is 1.52. The Balaban J connectivity index is 1.20. The van der Waals surface area contributed by atoms with Crippen LogP contribution in [0.5, 0.6) is 0 Å². The molecule has 6 aromatic heterocycles. The van der Waals surface area contributed by atoms with E-state index >= 15 is 0 Å². The van der Waals surface area contributed by atoms with E-state index in [0.717, 1.165) is 74.4 Å². The van der Waals surface area contributed by atoms with E-state index in [0.29, 0.717) is 0 Å². The molecule has 7 rings (SSSR count). The second-order valence-corrected chi connectivity index (χ2v) is 9.40. The number of benzene rings is 1. The fourth-order valence-electron chi connectivity index (χ4n) is 4.87. The van der Waals surface area contributed by atoms with Crippen LogP contribution in [-0.2, 0) is 13.1 Å². The molecule has 7 aromatic rings. The number of hydrogen-bond donors (Lipinski definition) is 3. The second kappa shape index (κ2) is 9.92. The lowest BCUT2D eigenvalue weighted by atomic mass is 10.1. The smallest absolute Gasteiger partial charge is 0.116 e. The second-order valence-electron chi connectivity index (χ2n) is 9.40. The summed E-state index contributed by atoms with van der Waals surface area (Å²) in [6, 6.07) is 22.6. The number of H-pyrrole nitrogens is 2. The van der Waals surface area contributed by atoms with E-state index in [9.17, 15) is 0 Å². The van der Waals surface area contributed by atoms with E-state index in [-0.39, 0.29) is 0 Å². The number of pyridine rings is 4. The maximum atomic E-state index is 4.69. The lowest BCUT2D eigenvalue weighted by Crippen LogP contribution is -2.12. The molecule has 188 valence electrons. The fourth-order valence-corrected chi connectivity index (χ4v) is 4.87. The minimum atomic E-state index is 0.720. The highest BCUT2D eigenvalue weighted by molar-refractivity contribution is 6.00. The van der Waals surface area contributed by atoms with Crippen LogP contribution in [-0.4, -0.2) is 35.1 Å². The molecule has 6 heterocycles. The number of aromatic amines is 2. The number of aromatic nitrogens is 7. The molecule has 0 aliphatic carbocycles. The highest BCUT2D eigenvalue weighted by Gasteiger charge is 2.15. The summed E-state index contributed by atoms with van der Waals surface area (Å²) in [6.07, 6.45) is 11.0. The Labute approximate surface area is 224 Å². The summed E-state index contributed by atoms with van der Waals surface area (Å²) in [5.74, 6) is 0. The van der Waals surface area contributed by atoms with Gasteiger partial charge in [0.15, 0.2) is 0 Å². The molecule has 0 aliphatic heterocycles. The quantitative estimate of drug-likeness (QED) is 0.247. The molecule has 0 saturated carbocycles. The molecule has 39 heavy (non-hydrogen) atoms. The molecule has 0 unspecified atom stereocenters. The minimum Gasteiger partial charge on any atom is -0.353 e. The third-order valence-corrected chi connectivity index (χ3v) is 6.78. The average molecular weight is 509 g/mol. The summed E-state index contributed by atoms with van der Waals surface area (Å²) in [7, 11) is 0. The molecule has 3 N–H and O–H groups in total. The van der Waals surface area contributed by atoms with Crippen molar-refractivity contribution in [2.75, 3.05) is 0 Å². The minimum absolute atomic E-state index is 0.720. The Morgan fingerprint density at radius 3 is 2.41 bits per heavy atom. The van der Waals surface area contributed by atoms with Crippen LogP contribution >= 0.6 is 0 Å². The molecule has 8 heteroatoms. The van der Waals surface area contributed by atoms with E-state index in [1.165, 1.54) is 5.56 Å². The maximum absolute atomic E-state index is 4.69. The first kappa shape index (κ1) is 22.9. The predicted octanol–water partition coefficient (Wildman–Crippen LogP) is 5.92. The van der Waals surface area contributed by atoms with E-state index < -0.39 is 0 Å². The lowest BCUT2D eigenvalue weighted by Gasteiger charge is -2.07. The number of fused-ring (bicyclic) bond motifs is 2. The number of nitrogens with one attached hydrogen (secondary N) is 3. The molecule has 0 atom stereocenters. The first-order valence-corrected chi connectivity index (χ1v) is 12.7. The Morgan fingerprint density at radius 1 is 0.641 bits per heavy atom. The third kappa shape index (κ3) is 4.54. The predicted molar refractivity (Wildman–Crippen MR) is 152 cm³/mol. The standard InChI is InChI=1S/C31H24N8/c1-2-5-20(6-3-1)14-33-15-21-11-23(18-34-16-21)27-12-25-29(19-36-27)38-39-31(25)28-13-24-26(37-28)8-10-35-30(24)22-7-4-9-32-17-22/h1-13,16-19,33,37H,14-15H2,(H,38,39). The summed E-state index contributed by atoms with van der Waals surface area (Å²) in [5, 5.41) is 13.3. The van der Waals surface area contributed by atoms with Crippen LogP contribution in [0.1, 0.15) is 11.1 Å². The Hall–Kier alpha value is -5.21. The zero-order valence-electron chi connectivity index (χ0n) is 21.0. The zero-order valence-corrected chi connectivity index (χ0v) is 21.0. The molecule has 0 saturated heterocycles. The molecular weight excluding hydrogens is 484 g/mol. The topological polar surface area (TPSA) is 108 Å². The van der Waals surface area contributed by atoms with Crippen LogP contribution in [0, 0.1) is 0 Å². The molecule has 0 bridgehead atoms. The van der Waals surface area contributed by atoms with Gasteiger partial charge in [-0.1, -0.05) is 30.3 Å². The monoisotopic (exact) mass is 508 g/mol. The lowest BCUT2D eigenvalue weighted by molar-refractivity contribution is 0.691. The summed E-state index contributed by atoms with van der Waals surface area (Å²) in [5.41, 5.74) is 9.60. The van der Waals surface area contributed by atoms with E-state index in [4.69, 9.17) is 4.98 Å². The van der Waals surface area contributed by atoms with E-state index in [1.807, 2.05) is 55.2 Å². The van der Waals surface area contributed by atoms with E-state index in [2.05, 4.69) is 77.9 Å². The van der Waals surface area contributed by atoms with Gasteiger partial charge in [-0.25, -0.2) is 0 Å². The van der Waals surface area contributed by atoms with Crippen molar-refractivity contribution in [3.8, 4) is 33.9 Å². The number of rotatable bonds is 7. The first-order chi connectivity index (χ1) is 19.3. The first-order valence-electron chi connectivity index (χ1n) is 12.7. The Bertz CT molecular complexity index is 1890. The maximum Gasteiger partial charge on any atom is 0.116 e. The van der Waals surface area contributed by atoms with Gasteiger partial charge in [-0.15, -0.1) is 0 Å². The molecule has 8 nitrogen and oxygen atoms in total. The van der Waals surface area contributed by atoms with Gasteiger partial charge in [0.05, 0.1) is 28.8 Å². The third-order valence-electron chi connectivity index (χ3n) is 6.78. The van der Waals surface area contributed by atoms with Crippen LogP contribution in [0.2, 0.25) is 0 Å². The average Bonchev–Trinajstić information content (AvgIpc) is 3.62. The largest absolute Gasteiger partial charge is 0.353 e. The molecule has 0 spiro atoms. The van der Waals surface area contributed by atoms with Crippen molar-refractivity contribution in [1.82, 2.24) is 40.4 Å². The van der Waals surface area contributed by atoms with E-state index in [1.54, 1.807) is 6.20 Å². The molecular formula is C31H24N8. The van der Waals surface area contributed by atoms with Gasteiger partial charge in [0, 0.05) is 71.5 Å². The van der Waals surface area contributed by atoms with Gasteiger partial charge in [0.1, 0.15) is 5.69 Å². The normalized spacial score (nSPS) is 11.4. The van der Waals surface area contributed by atoms with Gasteiger partial charge < -0.3 is 10.3 Å². The van der Waals surface area contributed by atoms with Crippen molar-refractivity contribution in [2.45, 2.75) is 13.1 Å². The van der Waals surface area contributed by atoms with Crippen LogP contribution in [0.15, 0.2) is 104 Å². The number of hydrogen-bond acceptors (Lipinski definition) is 6. The highest BCUT2D eigenvalue weighted by atomic mass is 15.1. The van der Waals surface area contributed by atoms with Crippen molar-refractivity contribution in [1.29, 1.82) is 0 Å². The summed E-state index contributed by atoms with van der Waals surface area (Å²) < 4.78 is 0. The Kier molecular flexibility index (Phi) is 5.84.